The number of rotatable bonds is 11. The molecule has 0 aliphatic carbocycles. The largest absolute Gasteiger partial charge is 0.493 e. The van der Waals surface area contributed by atoms with Gasteiger partial charge in [0, 0.05) is 25.4 Å². The van der Waals surface area contributed by atoms with E-state index in [4.69, 9.17) is 42.1 Å². The molecule has 0 spiro atoms. The Bertz CT molecular complexity index is 1780. The average Bonchev–Trinajstić information content (AvgIpc) is 3.12. The van der Waals surface area contributed by atoms with Crippen molar-refractivity contribution < 1.29 is 32.9 Å². The van der Waals surface area contributed by atoms with Crippen LogP contribution < -0.4 is 14.4 Å². The third kappa shape index (κ3) is 7.93. The predicted molar refractivity (Wildman–Crippen MR) is 184 cm³/mol. The summed E-state index contributed by atoms with van der Waals surface area (Å²) in [5, 5.41) is 0.676. The van der Waals surface area contributed by atoms with E-state index < -0.39 is 24.0 Å². The Morgan fingerprint density at radius 2 is 1.65 bits per heavy atom. The monoisotopic (exact) mass is 707 g/mol. The van der Waals surface area contributed by atoms with Crippen LogP contribution in [0, 0.1) is 11.7 Å². The second-order valence-corrected chi connectivity index (χ2v) is 12.9. The van der Waals surface area contributed by atoms with Crippen LogP contribution in [-0.2, 0) is 22.4 Å². The molecule has 3 fully saturated rings. The number of esters is 1. The Kier molecular flexibility index (Phi) is 10.9. The number of para-hydroxylation sites is 1. The summed E-state index contributed by atoms with van der Waals surface area (Å²) in [6.45, 7) is 2.72. The van der Waals surface area contributed by atoms with Crippen molar-refractivity contribution in [1.29, 1.82) is 0 Å². The highest BCUT2D eigenvalue weighted by Crippen LogP contribution is 2.36. The van der Waals surface area contributed by atoms with Crippen molar-refractivity contribution in [3.63, 3.8) is 0 Å². The second kappa shape index (κ2) is 15.4. The predicted octanol–water partition coefficient (Wildman–Crippen LogP) is 7.92. The van der Waals surface area contributed by atoms with Crippen LogP contribution in [0.1, 0.15) is 46.0 Å². The maximum absolute atomic E-state index is 15.0. The van der Waals surface area contributed by atoms with Gasteiger partial charge in [-0.2, -0.15) is 0 Å². The summed E-state index contributed by atoms with van der Waals surface area (Å²) in [6.07, 6.45) is 3.42. The number of pyridine rings is 1. The van der Waals surface area contributed by atoms with Gasteiger partial charge in [-0.1, -0.05) is 53.5 Å². The maximum Gasteiger partial charge on any atom is 0.415 e. The first-order valence-corrected chi connectivity index (χ1v) is 16.7. The fourth-order valence-electron chi connectivity index (χ4n) is 6.38. The molecule has 4 heterocycles. The molecule has 1 amide bonds. The van der Waals surface area contributed by atoms with E-state index in [1.807, 2.05) is 0 Å². The fourth-order valence-corrected chi connectivity index (χ4v) is 6.90. The normalized spacial score (nSPS) is 18.8. The average molecular weight is 709 g/mol. The minimum atomic E-state index is -0.804. The number of aromatic nitrogens is 1. The van der Waals surface area contributed by atoms with Crippen molar-refractivity contribution in [3.8, 4) is 11.5 Å². The van der Waals surface area contributed by atoms with E-state index in [1.165, 1.54) is 37.6 Å². The molecule has 3 saturated heterocycles. The zero-order chi connectivity index (χ0) is 34.5. The molecule has 2 bridgehead atoms. The third-order valence-electron chi connectivity index (χ3n) is 9.11. The summed E-state index contributed by atoms with van der Waals surface area (Å²) in [4.78, 5) is 34.7. The van der Waals surface area contributed by atoms with Crippen molar-refractivity contribution in [1.82, 2.24) is 9.88 Å². The first-order chi connectivity index (χ1) is 23.7. The summed E-state index contributed by atoms with van der Waals surface area (Å²) in [5.41, 5.74) is 2.25. The molecular weight excluding hydrogens is 672 g/mol. The van der Waals surface area contributed by atoms with Gasteiger partial charge >= 0.3 is 12.1 Å². The Balaban J connectivity index is 1.21. The SMILES string of the molecule is COc1ccc([C@H](Cc2c(Cl)cncc2Cl)OC(=O)c2ccc(CN(C(=O)O[C@H]3CN4CCC3CC4)c3ccccc3F)cc2)cc1OC. The lowest BCUT2D eigenvalue weighted by Gasteiger charge is -2.44. The van der Waals surface area contributed by atoms with Crippen LogP contribution in [0.2, 0.25) is 10.0 Å². The van der Waals surface area contributed by atoms with Crippen LogP contribution in [0.3, 0.4) is 0 Å². The van der Waals surface area contributed by atoms with Gasteiger partial charge in [0.15, 0.2) is 11.5 Å². The number of nitrogens with zero attached hydrogens (tertiary/aromatic N) is 3. The Morgan fingerprint density at radius 3 is 2.29 bits per heavy atom. The summed E-state index contributed by atoms with van der Waals surface area (Å²) in [5.74, 6) is 0.146. The van der Waals surface area contributed by atoms with Gasteiger partial charge < -0.3 is 18.9 Å². The molecule has 1 aromatic heterocycles. The Labute approximate surface area is 294 Å². The Morgan fingerprint density at radius 1 is 0.959 bits per heavy atom. The van der Waals surface area contributed by atoms with Crippen molar-refractivity contribution in [2.24, 2.45) is 5.92 Å². The first-order valence-electron chi connectivity index (χ1n) is 16.0. The van der Waals surface area contributed by atoms with Crippen LogP contribution in [0.15, 0.2) is 79.1 Å². The van der Waals surface area contributed by atoms with Crippen LogP contribution in [0.25, 0.3) is 0 Å². The molecule has 0 saturated carbocycles. The highest BCUT2D eigenvalue weighted by molar-refractivity contribution is 6.35. The zero-order valence-corrected chi connectivity index (χ0v) is 28.6. The number of anilines is 1. The minimum Gasteiger partial charge on any atom is -0.493 e. The summed E-state index contributed by atoms with van der Waals surface area (Å²) < 4.78 is 37.9. The molecule has 0 radical (unpaired) electrons. The number of ether oxygens (including phenoxy) is 4. The van der Waals surface area contributed by atoms with Gasteiger partial charge in [0.05, 0.1) is 42.1 Å². The lowest BCUT2D eigenvalue weighted by molar-refractivity contribution is -0.0311. The van der Waals surface area contributed by atoms with E-state index in [-0.39, 0.29) is 30.3 Å². The number of carbonyl (C=O) groups is 2. The molecule has 12 heteroatoms. The molecule has 3 aliphatic heterocycles. The first kappa shape index (κ1) is 34.5. The number of hydrogen-bond donors (Lipinski definition) is 0. The fraction of sp³-hybridized carbons (Fsp3) is 0.324. The van der Waals surface area contributed by atoms with E-state index >= 15 is 4.39 Å². The molecule has 9 nitrogen and oxygen atoms in total. The zero-order valence-electron chi connectivity index (χ0n) is 27.1. The number of halogens is 3. The summed E-state index contributed by atoms with van der Waals surface area (Å²) in [7, 11) is 3.05. The summed E-state index contributed by atoms with van der Waals surface area (Å²) in [6, 6.07) is 18.0. The Hall–Kier alpha value is -4.38. The molecule has 3 aliphatic rings. The van der Waals surface area contributed by atoms with Gasteiger partial charge in [-0.05, 0) is 84.9 Å². The molecule has 4 aromatic rings. The smallest absolute Gasteiger partial charge is 0.415 e. The van der Waals surface area contributed by atoms with E-state index in [2.05, 4.69) is 9.88 Å². The standard InChI is InChI=1S/C37H36Cl2FN3O6/c1-46-32-12-11-26(17-34(32)47-2)33(18-27-28(38)19-41-20-29(27)39)48-36(44)25-9-7-23(8-10-25)21-43(31-6-4-3-5-30(31)40)37(45)49-35-22-42-15-13-24(35)14-16-42/h3-12,17,19-20,24,33,35H,13-16,18,21-22H2,1-2H3/t33-,35-/m0/s1. The van der Waals surface area contributed by atoms with Crippen molar-refractivity contribution in [2.45, 2.75) is 38.0 Å². The molecular formula is C37H36Cl2FN3O6. The molecule has 0 unspecified atom stereocenters. The minimum absolute atomic E-state index is 0.0313. The number of methoxy groups -OCH3 is 2. The number of hydrogen-bond acceptors (Lipinski definition) is 8. The van der Waals surface area contributed by atoms with Gasteiger partial charge in [0.25, 0.3) is 0 Å². The van der Waals surface area contributed by atoms with Gasteiger partial charge in [-0.3, -0.25) is 14.8 Å². The van der Waals surface area contributed by atoms with Crippen LogP contribution in [0.4, 0.5) is 14.9 Å². The maximum atomic E-state index is 15.0. The molecule has 49 heavy (non-hydrogen) atoms. The molecule has 2 atom stereocenters. The van der Waals surface area contributed by atoms with Gasteiger partial charge in [-0.25, -0.2) is 14.0 Å². The van der Waals surface area contributed by atoms with Gasteiger partial charge in [0.1, 0.15) is 18.0 Å². The number of fused-ring (bicyclic) bond motifs is 3. The molecule has 0 N–H and O–H groups in total. The molecule has 256 valence electrons. The topological polar surface area (TPSA) is 90.4 Å². The highest BCUT2D eigenvalue weighted by Gasteiger charge is 2.37. The van der Waals surface area contributed by atoms with E-state index in [0.717, 1.165) is 25.9 Å². The lowest BCUT2D eigenvalue weighted by Crippen LogP contribution is -2.53. The highest BCUT2D eigenvalue weighted by atomic mass is 35.5. The van der Waals surface area contributed by atoms with E-state index in [0.29, 0.717) is 50.7 Å². The van der Waals surface area contributed by atoms with Gasteiger partial charge in [0.2, 0.25) is 0 Å². The lowest BCUT2D eigenvalue weighted by atomic mass is 9.86. The number of piperidine rings is 3. The van der Waals surface area contributed by atoms with Gasteiger partial charge in [-0.15, -0.1) is 0 Å². The quantitative estimate of drug-likeness (QED) is 0.145. The molecule has 3 aromatic carbocycles. The van der Waals surface area contributed by atoms with Crippen molar-refractivity contribution >= 4 is 41.0 Å². The second-order valence-electron chi connectivity index (χ2n) is 12.1. The number of benzene rings is 3. The van der Waals surface area contributed by atoms with Crippen molar-refractivity contribution in [3.05, 3.63) is 117 Å². The number of amides is 1. The molecule has 7 rings (SSSR count). The van der Waals surface area contributed by atoms with E-state index in [1.54, 1.807) is 60.7 Å². The number of carbonyl (C=O) groups excluding carboxylic acids is 2. The van der Waals surface area contributed by atoms with Crippen LogP contribution >= 0.6 is 23.2 Å². The summed E-state index contributed by atoms with van der Waals surface area (Å²) >= 11 is 12.9. The third-order valence-corrected chi connectivity index (χ3v) is 9.76. The van der Waals surface area contributed by atoms with Crippen molar-refractivity contribution in [2.75, 3.05) is 38.8 Å². The van der Waals surface area contributed by atoms with Crippen LogP contribution in [0.5, 0.6) is 11.5 Å². The van der Waals surface area contributed by atoms with E-state index in [9.17, 15) is 9.59 Å². The van der Waals surface area contributed by atoms with Crippen LogP contribution in [-0.4, -0.2) is 61.9 Å².